The summed E-state index contributed by atoms with van der Waals surface area (Å²) in [6, 6.07) is 10.8. The number of halogens is 1. The SMILES string of the molecule is C=CCN1C(=O)S/C(=C\c2ccc(-c3ccc(Cl)cc3)o2)C1=O. The molecule has 2 aromatic rings. The zero-order valence-electron chi connectivity index (χ0n) is 12.0. The number of hydrogen-bond acceptors (Lipinski definition) is 4. The van der Waals surface area contributed by atoms with E-state index in [1.54, 1.807) is 24.3 Å². The van der Waals surface area contributed by atoms with Gasteiger partial charge in [0.2, 0.25) is 0 Å². The van der Waals surface area contributed by atoms with E-state index in [4.69, 9.17) is 16.0 Å². The van der Waals surface area contributed by atoms with Crippen LogP contribution in [0.15, 0.2) is 58.4 Å². The first-order chi connectivity index (χ1) is 11.1. The molecule has 0 spiro atoms. The molecule has 1 aromatic carbocycles. The average molecular weight is 346 g/mol. The Morgan fingerprint density at radius 3 is 2.61 bits per heavy atom. The van der Waals surface area contributed by atoms with E-state index in [1.165, 1.54) is 6.08 Å². The lowest BCUT2D eigenvalue weighted by Gasteiger charge is -2.07. The van der Waals surface area contributed by atoms with E-state index in [1.807, 2.05) is 18.2 Å². The maximum atomic E-state index is 12.1. The minimum Gasteiger partial charge on any atom is -0.457 e. The number of benzene rings is 1. The van der Waals surface area contributed by atoms with Gasteiger partial charge in [0.25, 0.3) is 11.1 Å². The molecular weight excluding hydrogens is 334 g/mol. The first kappa shape index (κ1) is 15.6. The Hall–Kier alpha value is -2.24. The van der Waals surface area contributed by atoms with Crippen LogP contribution in [0.2, 0.25) is 5.02 Å². The Morgan fingerprint density at radius 1 is 1.17 bits per heavy atom. The van der Waals surface area contributed by atoms with E-state index in [0.29, 0.717) is 21.4 Å². The summed E-state index contributed by atoms with van der Waals surface area (Å²) in [6.45, 7) is 3.75. The van der Waals surface area contributed by atoms with Crippen molar-refractivity contribution < 1.29 is 14.0 Å². The zero-order chi connectivity index (χ0) is 16.4. The Bertz CT molecular complexity index is 808. The van der Waals surface area contributed by atoms with Gasteiger partial charge in [-0.3, -0.25) is 14.5 Å². The molecule has 1 aliphatic heterocycles. The quantitative estimate of drug-likeness (QED) is 0.588. The molecule has 1 aromatic heterocycles. The third-order valence-electron chi connectivity index (χ3n) is 3.21. The summed E-state index contributed by atoms with van der Waals surface area (Å²) in [5, 5.41) is 0.349. The highest BCUT2D eigenvalue weighted by Gasteiger charge is 2.34. The smallest absolute Gasteiger partial charge is 0.293 e. The van der Waals surface area contributed by atoms with E-state index in [9.17, 15) is 9.59 Å². The van der Waals surface area contributed by atoms with Crippen LogP contribution in [0.5, 0.6) is 0 Å². The van der Waals surface area contributed by atoms with E-state index < -0.39 is 0 Å². The highest BCUT2D eigenvalue weighted by atomic mass is 35.5. The lowest BCUT2D eigenvalue weighted by atomic mass is 10.2. The van der Waals surface area contributed by atoms with E-state index >= 15 is 0 Å². The summed E-state index contributed by atoms with van der Waals surface area (Å²) in [5.41, 5.74) is 0.883. The Kier molecular flexibility index (Phi) is 4.41. The molecule has 0 radical (unpaired) electrons. The molecule has 0 unspecified atom stereocenters. The van der Waals surface area contributed by atoms with Crippen molar-refractivity contribution in [1.29, 1.82) is 0 Å². The number of furan rings is 1. The number of rotatable bonds is 4. The third-order valence-corrected chi connectivity index (χ3v) is 4.37. The monoisotopic (exact) mass is 345 g/mol. The molecule has 2 heterocycles. The second-order valence-electron chi connectivity index (χ2n) is 4.79. The van der Waals surface area contributed by atoms with E-state index in [2.05, 4.69) is 6.58 Å². The number of amides is 2. The Morgan fingerprint density at radius 2 is 1.91 bits per heavy atom. The van der Waals surface area contributed by atoms with Crippen molar-refractivity contribution in [3.8, 4) is 11.3 Å². The number of carbonyl (C=O) groups excluding carboxylic acids is 2. The highest BCUT2D eigenvalue weighted by molar-refractivity contribution is 8.18. The third kappa shape index (κ3) is 3.25. The van der Waals surface area contributed by atoms with Gasteiger partial charge >= 0.3 is 0 Å². The minimum absolute atomic E-state index is 0.205. The lowest BCUT2D eigenvalue weighted by Crippen LogP contribution is -2.27. The van der Waals surface area contributed by atoms with Crippen molar-refractivity contribution in [3.05, 3.63) is 64.7 Å². The first-order valence-corrected chi connectivity index (χ1v) is 8.00. The standard InChI is InChI=1S/C17H12ClNO3S/c1-2-9-19-16(20)15(23-17(19)21)10-13-7-8-14(22-13)11-3-5-12(18)6-4-11/h2-8,10H,1,9H2/b15-10-. The summed E-state index contributed by atoms with van der Waals surface area (Å²) < 4.78 is 5.72. The molecule has 0 bridgehead atoms. The largest absolute Gasteiger partial charge is 0.457 e. The molecule has 2 amide bonds. The summed E-state index contributed by atoms with van der Waals surface area (Å²) in [6.07, 6.45) is 3.10. The molecule has 0 aliphatic carbocycles. The van der Waals surface area contributed by atoms with Crippen molar-refractivity contribution in [2.24, 2.45) is 0 Å². The number of thioether (sulfide) groups is 1. The summed E-state index contributed by atoms with van der Waals surface area (Å²) in [4.78, 5) is 25.4. The maximum absolute atomic E-state index is 12.1. The number of hydrogen-bond donors (Lipinski definition) is 0. The molecule has 4 nitrogen and oxygen atoms in total. The van der Waals surface area contributed by atoms with Crippen LogP contribution in [0.3, 0.4) is 0 Å². The molecule has 23 heavy (non-hydrogen) atoms. The van der Waals surface area contributed by atoms with Crippen LogP contribution in [-0.2, 0) is 4.79 Å². The number of carbonyl (C=O) groups is 2. The highest BCUT2D eigenvalue weighted by Crippen LogP contribution is 2.33. The molecule has 1 saturated heterocycles. The molecule has 0 N–H and O–H groups in total. The second kappa shape index (κ2) is 6.48. The number of nitrogens with zero attached hydrogens (tertiary/aromatic N) is 1. The van der Waals surface area contributed by atoms with Gasteiger partial charge in [0.15, 0.2) is 0 Å². The van der Waals surface area contributed by atoms with Gasteiger partial charge in [0.05, 0.1) is 4.91 Å². The van der Waals surface area contributed by atoms with E-state index in [-0.39, 0.29) is 17.7 Å². The van der Waals surface area contributed by atoms with Crippen molar-refractivity contribution in [2.45, 2.75) is 0 Å². The van der Waals surface area contributed by atoms with Gasteiger partial charge < -0.3 is 4.42 Å². The Labute approximate surface area is 142 Å². The molecule has 116 valence electrons. The topological polar surface area (TPSA) is 50.5 Å². The molecule has 0 atom stereocenters. The zero-order valence-corrected chi connectivity index (χ0v) is 13.6. The molecule has 6 heteroatoms. The molecule has 0 saturated carbocycles. The van der Waals surface area contributed by atoms with Crippen molar-refractivity contribution in [2.75, 3.05) is 6.54 Å². The van der Waals surface area contributed by atoms with Crippen LogP contribution in [0, 0.1) is 0 Å². The van der Waals surface area contributed by atoms with Gasteiger partial charge in [-0.1, -0.05) is 17.7 Å². The summed E-state index contributed by atoms with van der Waals surface area (Å²) in [5.74, 6) is 0.849. The van der Waals surface area contributed by atoms with Gasteiger partial charge in [-0.25, -0.2) is 0 Å². The molecular formula is C17H12ClNO3S. The number of imide groups is 1. The normalized spacial score (nSPS) is 16.4. The minimum atomic E-state index is -0.329. The molecule has 1 aliphatic rings. The van der Waals surface area contributed by atoms with Crippen LogP contribution in [0.4, 0.5) is 4.79 Å². The first-order valence-electron chi connectivity index (χ1n) is 6.80. The fourth-order valence-electron chi connectivity index (χ4n) is 2.12. The van der Waals surface area contributed by atoms with Crippen LogP contribution in [-0.4, -0.2) is 22.6 Å². The fourth-order valence-corrected chi connectivity index (χ4v) is 3.07. The van der Waals surface area contributed by atoms with Gasteiger partial charge in [-0.15, -0.1) is 6.58 Å². The van der Waals surface area contributed by atoms with Gasteiger partial charge in [0.1, 0.15) is 11.5 Å². The van der Waals surface area contributed by atoms with Crippen LogP contribution in [0.25, 0.3) is 17.4 Å². The van der Waals surface area contributed by atoms with Gasteiger partial charge in [0, 0.05) is 23.2 Å². The predicted octanol–water partition coefficient (Wildman–Crippen LogP) is 4.82. The fraction of sp³-hybridized carbons (Fsp3) is 0.0588. The Balaban J connectivity index is 1.84. The van der Waals surface area contributed by atoms with Crippen LogP contribution < -0.4 is 0 Å². The summed E-state index contributed by atoms with van der Waals surface area (Å²) >= 11 is 6.76. The van der Waals surface area contributed by atoms with Crippen molar-refractivity contribution >= 4 is 40.6 Å². The molecule has 3 rings (SSSR count). The van der Waals surface area contributed by atoms with Gasteiger partial charge in [-0.05, 0) is 48.2 Å². The van der Waals surface area contributed by atoms with Crippen molar-refractivity contribution in [3.63, 3.8) is 0 Å². The average Bonchev–Trinajstić information content (AvgIpc) is 3.09. The van der Waals surface area contributed by atoms with Crippen LogP contribution in [0.1, 0.15) is 5.76 Å². The summed E-state index contributed by atoms with van der Waals surface area (Å²) in [7, 11) is 0. The lowest BCUT2D eigenvalue weighted by molar-refractivity contribution is -0.122. The second-order valence-corrected chi connectivity index (χ2v) is 6.22. The predicted molar refractivity (Wildman–Crippen MR) is 92.0 cm³/mol. The maximum Gasteiger partial charge on any atom is 0.293 e. The van der Waals surface area contributed by atoms with Crippen molar-refractivity contribution in [1.82, 2.24) is 4.90 Å². The van der Waals surface area contributed by atoms with Crippen LogP contribution >= 0.6 is 23.4 Å². The van der Waals surface area contributed by atoms with Gasteiger partial charge in [-0.2, -0.15) is 0 Å². The van der Waals surface area contributed by atoms with E-state index in [0.717, 1.165) is 22.2 Å². The molecule has 1 fully saturated rings.